The Bertz CT molecular complexity index is 1350. The molecule has 3 heterocycles. The molecule has 1 saturated heterocycles. The first-order valence-corrected chi connectivity index (χ1v) is 10.9. The van der Waals surface area contributed by atoms with E-state index >= 15 is 4.39 Å². The molecule has 0 radical (unpaired) electrons. The number of anilines is 1. The van der Waals surface area contributed by atoms with Crippen LogP contribution in [0, 0.1) is 17.6 Å². The molecule has 2 fully saturated rings. The van der Waals surface area contributed by atoms with E-state index in [9.17, 15) is 14.0 Å². The first-order valence-electron chi connectivity index (χ1n) is 10.9. The van der Waals surface area contributed by atoms with Gasteiger partial charge in [-0.15, -0.1) is 0 Å². The van der Waals surface area contributed by atoms with E-state index in [0.717, 1.165) is 29.0 Å². The molecule has 2 unspecified atom stereocenters. The molecule has 1 aromatic carbocycles. The molecule has 2 aliphatic rings. The van der Waals surface area contributed by atoms with Crippen molar-refractivity contribution in [2.75, 3.05) is 30.9 Å². The molecule has 5 rings (SSSR count). The second kappa shape index (κ2) is 7.87. The van der Waals surface area contributed by atoms with Gasteiger partial charge in [0.1, 0.15) is 17.0 Å². The fourth-order valence-corrected chi connectivity index (χ4v) is 4.87. The van der Waals surface area contributed by atoms with Crippen LogP contribution in [0.2, 0.25) is 0 Å². The summed E-state index contributed by atoms with van der Waals surface area (Å²) >= 11 is 0. The fourth-order valence-electron chi connectivity index (χ4n) is 4.87. The Morgan fingerprint density at radius 2 is 1.82 bits per heavy atom. The van der Waals surface area contributed by atoms with Crippen LogP contribution < -0.4 is 32.5 Å². The van der Waals surface area contributed by atoms with Crippen molar-refractivity contribution < 1.29 is 13.5 Å². The van der Waals surface area contributed by atoms with Crippen LogP contribution in [0.25, 0.3) is 5.52 Å². The summed E-state index contributed by atoms with van der Waals surface area (Å²) in [6, 6.07) is 5.71. The highest BCUT2D eigenvalue weighted by Crippen LogP contribution is 2.45. The molecular formula is C23H25F2N5O3. The summed E-state index contributed by atoms with van der Waals surface area (Å²) in [5.41, 5.74) is 6.66. The number of fused-ring (bicyclic) bond motifs is 1. The molecule has 2 atom stereocenters. The van der Waals surface area contributed by atoms with Crippen LogP contribution in [-0.4, -0.2) is 29.3 Å². The lowest BCUT2D eigenvalue weighted by Crippen LogP contribution is -2.44. The van der Waals surface area contributed by atoms with Crippen LogP contribution in [0.15, 0.2) is 40.1 Å². The molecule has 174 valence electrons. The van der Waals surface area contributed by atoms with Gasteiger partial charge in [0.25, 0.3) is 5.56 Å². The first-order chi connectivity index (χ1) is 15.8. The number of nitrogens with two attached hydrogens (primary N) is 2. The van der Waals surface area contributed by atoms with Crippen molar-refractivity contribution in [3.8, 4) is 5.75 Å². The van der Waals surface area contributed by atoms with E-state index in [0.29, 0.717) is 29.7 Å². The van der Waals surface area contributed by atoms with E-state index in [2.05, 4.69) is 0 Å². The fraction of sp³-hybridized carbons (Fsp3) is 0.391. The summed E-state index contributed by atoms with van der Waals surface area (Å²) in [7, 11) is 1.39. The average molecular weight is 457 g/mol. The summed E-state index contributed by atoms with van der Waals surface area (Å²) in [5.74, 6) is 4.80. The molecular weight excluding hydrogens is 432 g/mol. The smallest absolute Gasteiger partial charge is 0.354 e. The molecule has 8 nitrogen and oxygen atoms in total. The maximum Gasteiger partial charge on any atom is 0.354 e. The molecule has 0 amide bonds. The van der Waals surface area contributed by atoms with Crippen molar-refractivity contribution in [3.63, 3.8) is 0 Å². The highest BCUT2D eigenvalue weighted by atomic mass is 19.1. The standard InChI is InChI=1S/C23H25F2N5O3/c1-33-21-19(28-9-8-14(10-28)18(26)13-4-6-15(24)7-5-13)16(25)11-29-20(21)17(12-2-3-12)22(31)30(27)23(29)32/h4-7,11-12,14,18H,2-3,8-10,26-27H2,1H3. The third kappa shape index (κ3) is 3.45. The maximum atomic E-state index is 15.4. The molecule has 3 aromatic rings. The number of methoxy groups -OCH3 is 1. The second-order valence-electron chi connectivity index (χ2n) is 8.80. The van der Waals surface area contributed by atoms with Gasteiger partial charge in [0.15, 0.2) is 11.6 Å². The van der Waals surface area contributed by atoms with Gasteiger partial charge in [-0.3, -0.25) is 9.20 Å². The second-order valence-corrected chi connectivity index (χ2v) is 8.80. The summed E-state index contributed by atoms with van der Waals surface area (Å²) < 4.78 is 35.9. The van der Waals surface area contributed by atoms with Gasteiger partial charge in [-0.1, -0.05) is 12.1 Å². The van der Waals surface area contributed by atoms with Crippen LogP contribution in [0.3, 0.4) is 0 Å². The van der Waals surface area contributed by atoms with E-state index in [-0.39, 0.29) is 40.6 Å². The van der Waals surface area contributed by atoms with Crippen molar-refractivity contribution in [2.45, 2.75) is 31.2 Å². The van der Waals surface area contributed by atoms with E-state index in [1.54, 1.807) is 12.1 Å². The van der Waals surface area contributed by atoms with Crippen LogP contribution in [0.1, 0.15) is 42.3 Å². The summed E-state index contributed by atoms with van der Waals surface area (Å²) in [5, 5.41) is 0. The molecule has 1 aliphatic heterocycles. The lowest BCUT2D eigenvalue weighted by atomic mass is 9.93. The number of nitrogen functional groups attached to an aromatic ring is 1. The number of pyridine rings is 1. The minimum absolute atomic E-state index is 0.00191. The van der Waals surface area contributed by atoms with E-state index in [1.807, 2.05) is 4.90 Å². The average Bonchev–Trinajstić information content (AvgIpc) is 3.53. The predicted octanol–water partition coefficient (Wildman–Crippen LogP) is 1.87. The molecule has 0 spiro atoms. The minimum atomic E-state index is -0.833. The van der Waals surface area contributed by atoms with Crippen LogP contribution in [0.5, 0.6) is 5.75 Å². The van der Waals surface area contributed by atoms with Crippen molar-refractivity contribution in [3.05, 3.63) is 74.1 Å². The van der Waals surface area contributed by atoms with Gasteiger partial charge in [0.2, 0.25) is 0 Å². The third-order valence-corrected chi connectivity index (χ3v) is 6.75. The lowest BCUT2D eigenvalue weighted by molar-refractivity contribution is 0.412. The molecule has 10 heteroatoms. The van der Waals surface area contributed by atoms with Crippen molar-refractivity contribution in [1.29, 1.82) is 0 Å². The highest BCUT2D eigenvalue weighted by molar-refractivity contribution is 5.78. The van der Waals surface area contributed by atoms with Crippen molar-refractivity contribution >= 4 is 11.2 Å². The normalized spacial score (nSPS) is 19.3. The largest absolute Gasteiger partial charge is 0.492 e. The van der Waals surface area contributed by atoms with Gasteiger partial charge in [0, 0.05) is 19.1 Å². The zero-order chi connectivity index (χ0) is 23.4. The Kier molecular flexibility index (Phi) is 5.12. The van der Waals surface area contributed by atoms with Gasteiger partial charge < -0.3 is 21.2 Å². The minimum Gasteiger partial charge on any atom is -0.492 e. The van der Waals surface area contributed by atoms with Gasteiger partial charge in [-0.2, -0.15) is 4.68 Å². The maximum absolute atomic E-state index is 15.4. The van der Waals surface area contributed by atoms with Crippen molar-refractivity contribution in [1.82, 2.24) is 9.08 Å². The summed E-state index contributed by atoms with van der Waals surface area (Å²) in [6.07, 6.45) is 3.34. The molecule has 1 aliphatic carbocycles. The molecule has 33 heavy (non-hydrogen) atoms. The summed E-state index contributed by atoms with van der Waals surface area (Å²) in [4.78, 5) is 27.3. The van der Waals surface area contributed by atoms with E-state index in [4.69, 9.17) is 16.3 Å². The SMILES string of the molecule is COc1c(N2CCC(C(N)c3ccc(F)cc3)C2)c(F)cn2c(=O)n(N)c(=O)c(C3CC3)c12. The Morgan fingerprint density at radius 1 is 1.12 bits per heavy atom. The van der Waals surface area contributed by atoms with Crippen LogP contribution in [-0.2, 0) is 0 Å². The Balaban J connectivity index is 1.59. The Labute approximate surface area is 187 Å². The third-order valence-electron chi connectivity index (χ3n) is 6.75. The quantitative estimate of drug-likeness (QED) is 0.567. The number of hydrogen-bond acceptors (Lipinski definition) is 6. The molecule has 4 N–H and O–H groups in total. The Morgan fingerprint density at radius 3 is 2.45 bits per heavy atom. The molecule has 2 aromatic heterocycles. The number of benzene rings is 1. The Hall–Kier alpha value is -3.40. The number of hydrogen-bond donors (Lipinski definition) is 2. The molecule has 0 bridgehead atoms. The van der Waals surface area contributed by atoms with Crippen molar-refractivity contribution in [2.24, 2.45) is 11.7 Å². The number of rotatable bonds is 5. The van der Waals surface area contributed by atoms with Crippen LogP contribution >= 0.6 is 0 Å². The molecule has 1 saturated carbocycles. The number of nitrogens with zero attached hydrogens (tertiary/aromatic N) is 3. The first kappa shape index (κ1) is 21.4. The highest BCUT2D eigenvalue weighted by Gasteiger charge is 2.36. The van der Waals surface area contributed by atoms with E-state index in [1.165, 1.54) is 19.2 Å². The number of aromatic nitrogens is 2. The summed E-state index contributed by atoms with van der Waals surface area (Å²) in [6.45, 7) is 0.957. The lowest BCUT2D eigenvalue weighted by Gasteiger charge is -2.25. The predicted molar refractivity (Wildman–Crippen MR) is 120 cm³/mol. The number of ether oxygens (including phenoxy) is 1. The van der Waals surface area contributed by atoms with Crippen LogP contribution in [0.4, 0.5) is 14.5 Å². The zero-order valence-electron chi connectivity index (χ0n) is 18.1. The van der Waals surface area contributed by atoms with Gasteiger partial charge in [-0.05, 0) is 48.8 Å². The monoisotopic (exact) mass is 457 g/mol. The van der Waals surface area contributed by atoms with Gasteiger partial charge >= 0.3 is 5.69 Å². The van der Waals surface area contributed by atoms with Gasteiger partial charge in [0.05, 0.1) is 18.9 Å². The zero-order valence-corrected chi connectivity index (χ0v) is 18.1. The topological polar surface area (TPSA) is 108 Å². The van der Waals surface area contributed by atoms with Gasteiger partial charge in [-0.25, -0.2) is 13.6 Å². The number of halogens is 2. The van der Waals surface area contributed by atoms with E-state index < -0.39 is 17.1 Å².